The second-order valence-electron chi connectivity index (χ2n) is 6.01. The van der Waals surface area contributed by atoms with Crippen LogP contribution in [0.25, 0.3) is 10.2 Å². The van der Waals surface area contributed by atoms with Crippen molar-refractivity contribution in [2.75, 3.05) is 12.1 Å². The fourth-order valence-corrected chi connectivity index (χ4v) is 4.18. The number of anilines is 1. The molecule has 4 rings (SSSR count). The summed E-state index contributed by atoms with van der Waals surface area (Å²) in [5.74, 6) is 0.161. The largest absolute Gasteiger partial charge is 0.497 e. The van der Waals surface area contributed by atoms with E-state index in [9.17, 15) is 14.9 Å². The van der Waals surface area contributed by atoms with Gasteiger partial charge in [-0.1, -0.05) is 23.5 Å². The van der Waals surface area contributed by atoms with Crippen LogP contribution in [0.1, 0.15) is 15.2 Å². The number of hydrazone groups is 1. The van der Waals surface area contributed by atoms with Crippen molar-refractivity contribution in [2.45, 2.75) is 0 Å². The number of fused-ring (bicyclic) bond motifs is 1. The van der Waals surface area contributed by atoms with Gasteiger partial charge in [-0.2, -0.15) is 10.1 Å². The minimum atomic E-state index is -0.542. The van der Waals surface area contributed by atoms with E-state index >= 15 is 0 Å². The maximum atomic E-state index is 13.2. The third-order valence-corrected chi connectivity index (χ3v) is 5.91. The molecule has 0 aliphatic carbocycles. The fraction of sp³-hybridized carbons (Fsp3) is 0.0500. The zero-order chi connectivity index (χ0) is 21.1. The molecule has 0 aliphatic heterocycles. The van der Waals surface area contributed by atoms with Crippen LogP contribution in [-0.2, 0) is 0 Å². The Morgan fingerprint density at radius 3 is 2.83 bits per heavy atom. The summed E-state index contributed by atoms with van der Waals surface area (Å²) < 4.78 is 6.07. The number of nitrogens with zero attached hydrogens (tertiary/aromatic N) is 4. The standard InChI is InChI=1S/C20H14N4O4S2/c1-28-15-7-8-17-18(11-15)30-20(22-17)23(21-12-16-6-3-9-29-16)19(25)13-4-2-5-14(10-13)24(26)27/h2-12H,1H3/b21-12+. The number of benzene rings is 2. The Labute approximate surface area is 178 Å². The zero-order valence-corrected chi connectivity index (χ0v) is 17.2. The van der Waals surface area contributed by atoms with Crippen LogP contribution in [0.4, 0.5) is 10.8 Å². The first kappa shape index (κ1) is 19.7. The lowest BCUT2D eigenvalue weighted by molar-refractivity contribution is -0.384. The Hall–Kier alpha value is -3.63. The van der Waals surface area contributed by atoms with Gasteiger partial charge in [-0.15, -0.1) is 11.3 Å². The number of thiophene rings is 1. The number of nitro benzene ring substituents is 1. The molecule has 0 saturated heterocycles. The Kier molecular flexibility index (Phi) is 5.50. The van der Waals surface area contributed by atoms with E-state index in [1.807, 2.05) is 23.6 Å². The van der Waals surface area contributed by atoms with E-state index in [4.69, 9.17) is 4.74 Å². The molecule has 0 fully saturated rings. The van der Waals surface area contributed by atoms with Gasteiger partial charge < -0.3 is 4.74 Å². The fourth-order valence-electron chi connectivity index (χ4n) is 2.65. The van der Waals surface area contributed by atoms with Crippen LogP contribution >= 0.6 is 22.7 Å². The summed E-state index contributed by atoms with van der Waals surface area (Å²) >= 11 is 2.75. The number of ether oxygens (including phenoxy) is 1. The summed E-state index contributed by atoms with van der Waals surface area (Å²) in [7, 11) is 1.58. The van der Waals surface area contributed by atoms with E-state index in [0.29, 0.717) is 16.4 Å². The highest BCUT2D eigenvalue weighted by Crippen LogP contribution is 2.32. The topological polar surface area (TPSA) is 97.9 Å². The number of hydrogen-bond donors (Lipinski definition) is 0. The molecule has 0 atom stereocenters. The number of hydrogen-bond acceptors (Lipinski definition) is 8. The summed E-state index contributed by atoms with van der Waals surface area (Å²) in [5, 5.41) is 18.9. The summed E-state index contributed by atoms with van der Waals surface area (Å²) in [6.45, 7) is 0. The SMILES string of the molecule is COc1ccc2nc(N(/N=C/c3cccs3)C(=O)c3cccc([N+](=O)[O-])c3)sc2c1. The van der Waals surface area contributed by atoms with Gasteiger partial charge in [0, 0.05) is 22.6 Å². The highest BCUT2D eigenvalue weighted by Gasteiger charge is 2.23. The highest BCUT2D eigenvalue weighted by atomic mass is 32.1. The third-order valence-electron chi connectivity index (χ3n) is 4.11. The van der Waals surface area contributed by atoms with E-state index in [-0.39, 0.29) is 11.3 Å². The Morgan fingerprint density at radius 1 is 1.23 bits per heavy atom. The molecule has 0 aliphatic rings. The second-order valence-corrected chi connectivity index (χ2v) is 8.00. The van der Waals surface area contributed by atoms with Gasteiger partial charge in [0.25, 0.3) is 11.6 Å². The molecule has 4 aromatic rings. The number of thiazole rings is 1. The number of nitro groups is 1. The van der Waals surface area contributed by atoms with Crippen molar-refractivity contribution in [1.29, 1.82) is 0 Å². The van der Waals surface area contributed by atoms with Gasteiger partial charge in [-0.3, -0.25) is 14.9 Å². The van der Waals surface area contributed by atoms with Crippen LogP contribution < -0.4 is 9.75 Å². The van der Waals surface area contributed by atoms with Crippen molar-refractivity contribution < 1.29 is 14.5 Å². The molecule has 0 bridgehead atoms. The molecule has 8 nitrogen and oxygen atoms in total. The number of carbonyl (C=O) groups excluding carboxylic acids is 1. The quantitative estimate of drug-likeness (QED) is 0.241. The lowest BCUT2D eigenvalue weighted by atomic mass is 10.2. The first-order valence-corrected chi connectivity index (χ1v) is 10.4. The highest BCUT2D eigenvalue weighted by molar-refractivity contribution is 7.22. The summed E-state index contributed by atoms with van der Waals surface area (Å²) in [6, 6.07) is 14.7. The first-order valence-electron chi connectivity index (χ1n) is 8.66. The van der Waals surface area contributed by atoms with Crippen LogP contribution in [0.2, 0.25) is 0 Å². The van der Waals surface area contributed by atoms with Crippen molar-refractivity contribution in [3.63, 3.8) is 0 Å². The number of non-ortho nitro benzene ring substituents is 1. The van der Waals surface area contributed by atoms with Crippen LogP contribution in [0, 0.1) is 10.1 Å². The van der Waals surface area contributed by atoms with Gasteiger partial charge in [0.05, 0.1) is 28.5 Å². The lowest BCUT2D eigenvalue weighted by Crippen LogP contribution is -2.25. The molecule has 1 amide bonds. The van der Waals surface area contributed by atoms with Crippen LogP contribution in [0.5, 0.6) is 5.75 Å². The monoisotopic (exact) mass is 438 g/mol. The molecule has 150 valence electrons. The first-order chi connectivity index (χ1) is 14.5. The van der Waals surface area contributed by atoms with Crippen LogP contribution in [0.3, 0.4) is 0 Å². The van der Waals surface area contributed by atoms with Gasteiger partial charge in [-0.25, -0.2) is 4.98 Å². The molecule has 10 heteroatoms. The van der Waals surface area contributed by atoms with Crippen LogP contribution in [-0.4, -0.2) is 29.1 Å². The lowest BCUT2D eigenvalue weighted by Gasteiger charge is -2.13. The minimum absolute atomic E-state index is 0.143. The smallest absolute Gasteiger partial charge is 0.281 e. The average molecular weight is 438 g/mol. The minimum Gasteiger partial charge on any atom is -0.497 e. The molecule has 30 heavy (non-hydrogen) atoms. The second kappa shape index (κ2) is 8.39. The van der Waals surface area contributed by atoms with Gasteiger partial charge in [0.1, 0.15) is 5.75 Å². The average Bonchev–Trinajstić information content (AvgIpc) is 3.43. The number of rotatable bonds is 6. The van der Waals surface area contributed by atoms with Gasteiger partial charge in [0.15, 0.2) is 0 Å². The molecule has 0 saturated carbocycles. The molecule has 2 aromatic carbocycles. The molecular formula is C20H14N4O4S2. The van der Waals surface area contributed by atoms with Gasteiger partial charge in [-0.05, 0) is 35.7 Å². The van der Waals surface area contributed by atoms with Crippen LogP contribution in [0.15, 0.2) is 65.1 Å². The molecule has 2 aromatic heterocycles. The predicted octanol–water partition coefficient (Wildman–Crippen LogP) is 4.96. The Morgan fingerprint density at radius 2 is 2.10 bits per heavy atom. The zero-order valence-electron chi connectivity index (χ0n) is 15.6. The maximum Gasteiger partial charge on any atom is 0.281 e. The van der Waals surface area contributed by atoms with Gasteiger partial charge in [0.2, 0.25) is 5.13 Å². The predicted molar refractivity (Wildman–Crippen MR) is 118 cm³/mol. The van der Waals surface area contributed by atoms with Gasteiger partial charge >= 0.3 is 0 Å². The summed E-state index contributed by atoms with van der Waals surface area (Å²) in [4.78, 5) is 29.2. The Bertz CT molecular complexity index is 1250. The number of aromatic nitrogens is 1. The molecule has 0 radical (unpaired) electrons. The normalized spacial score (nSPS) is 11.1. The van der Waals surface area contributed by atoms with E-state index in [0.717, 1.165) is 14.6 Å². The summed E-state index contributed by atoms with van der Waals surface area (Å²) in [5.41, 5.74) is 0.667. The van der Waals surface area contributed by atoms with Crippen molar-refractivity contribution >= 4 is 55.8 Å². The number of amides is 1. The van der Waals surface area contributed by atoms with E-state index in [1.165, 1.54) is 46.9 Å². The number of carbonyl (C=O) groups is 1. The molecule has 2 heterocycles. The molecule has 0 N–H and O–H groups in total. The molecule has 0 unspecified atom stereocenters. The van der Waals surface area contributed by atoms with E-state index in [1.54, 1.807) is 25.5 Å². The maximum absolute atomic E-state index is 13.2. The van der Waals surface area contributed by atoms with E-state index < -0.39 is 10.8 Å². The van der Waals surface area contributed by atoms with Crippen molar-refractivity contribution in [2.24, 2.45) is 5.10 Å². The Balaban J connectivity index is 1.77. The molecule has 0 spiro atoms. The van der Waals surface area contributed by atoms with Crippen molar-refractivity contribution in [3.8, 4) is 5.75 Å². The summed E-state index contributed by atoms with van der Waals surface area (Å²) in [6.07, 6.45) is 1.56. The molecular weight excluding hydrogens is 424 g/mol. The van der Waals surface area contributed by atoms with Crippen molar-refractivity contribution in [3.05, 3.63) is 80.5 Å². The third kappa shape index (κ3) is 4.04. The number of methoxy groups -OCH3 is 1. The van der Waals surface area contributed by atoms with E-state index in [2.05, 4.69) is 10.1 Å². The van der Waals surface area contributed by atoms with Crippen molar-refractivity contribution in [1.82, 2.24) is 4.98 Å².